The summed E-state index contributed by atoms with van der Waals surface area (Å²) in [6.45, 7) is 0. The second kappa shape index (κ2) is 6.62. The van der Waals surface area contributed by atoms with Gasteiger partial charge in [0.1, 0.15) is 0 Å². The molecule has 152 valence electrons. The molecule has 0 spiro atoms. The van der Waals surface area contributed by atoms with Crippen molar-refractivity contribution >= 4 is 26.8 Å². The topological polar surface area (TPSA) is 68.2 Å². The molecule has 1 heterocycles. The molecule has 0 bridgehead atoms. The third-order valence-corrected chi connectivity index (χ3v) is 6.79. The van der Waals surface area contributed by atoms with Crippen LogP contribution in [0, 0.1) is 0 Å². The summed E-state index contributed by atoms with van der Waals surface area (Å²) in [6.07, 6.45) is -1.54. The number of rotatable bonds is 4. The van der Waals surface area contributed by atoms with E-state index >= 15 is 0 Å². The Labute approximate surface area is 165 Å². The Morgan fingerprint density at radius 1 is 1.10 bits per heavy atom. The van der Waals surface area contributed by atoms with Crippen molar-refractivity contribution in [1.82, 2.24) is 9.29 Å². The quantitative estimate of drug-likeness (QED) is 0.689. The lowest BCUT2D eigenvalue weighted by atomic mass is 10.0. The third-order valence-electron chi connectivity index (χ3n) is 4.97. The fourth-order valence-electron chi connectivity index (χ4n) is 3.24. The van der Waals surface area contributed by atoms with Crippen LogP contribution in [0.4, 0.5) is 13.2 Å². The number of halogens is 3. The Balaban J connectivity index is 1.67. The summed E-state index contributed by atoms with van der Waals surface area (Å²) < 4.78 is 66.2. The predicted molar refractivity (Wildman–Crippen MR) is 103 cm³/mol. The number of hydrogen-bond acceptors (Lipinski definition) is 3. The predicted octanol–water partition coefficient (Wildman–Crippen LogP) is 4.09. The monoisotopic (exact) mass is 422 g/mol. The first kappa shape index (κ1) is 19.5. The van der Waals surface area contributed by atoms with E-state index in [-0.39, 0.29) is 5.56 Å². The average molecular weight is 422 g/mol. The molecule has 1 aromatic heterocycles. The zero-order chi connectivity index (χ0) is 21.0. The summed E-state index contributed by atoms with van der Waals surface area (Å²) in [5.41, 5.74) is 1.46. The first-order chi connectivity index (χ1) is 13.6. The van der Waals surface area contributed by atoms with Gasteiger partial charge in [-0.05, 0) is 42.7 Å². The molecule has 0 aliphatic heterocycles. The highest BCUT2D eigenvalue weighted by molar-refractivity contribution is 7.91. The van der Waals surface area contributed by atoms with E-state index in [1.54, 1.807) is 29.9 Å². The van der Waals surface area contributed by atoms with Crippen LogP contribution in [-0.2, 0) is 23.2 Å². The number of hydrogen-bond donors (Lipinski definition) is 1. The fourth-order valence-corrected chi connectivity index (χ4v) is 4.54. The molecule has 9 heteroatoms. The van der Waals surface area contributed by atoms with Crippen LogP contribution in [-0.4, -0.2) is 24.1 Å². The number of sulfonamides is 1. The Morgan fingerprint density at radius 2 is 1.76 bits per heavy atom. The number of aryl methyl sites for hydroxylation is 1. The fraction of sp³-hybridized carbons (Fsp3) is 0.250. The molecule has 5 nitrogen and oxygen atoms in total. The van der Waals surface area contributed by atoms with Crippen molar-refractivity contribution < 1.29 is 26.4 Å². The summed E-state index contributed by atoms with van der Waals surface area (Å²) in [5, 5.41) is 0.241. The van der Waals surface area contributed by atoms with Crippen molar-refractivity contribution in [1.29, 1.82) is 0 Å². The molecule has 4 rings (SSSR count). The Bertz CT molecular complexity index is 1210. The lowest BCUT2D eigenvalue weighted by Gasteiger charge is -2.08. The first-order valence-corrected chi connectivity index (χ1v) is 10.4. The lowest BCUT2D eigenvalue weighted by Crippen LogP contribution is -2.33. The summed E-state index contributed by atoms with van der Waals surface area (Å²) in [7, 11) is -1.90. The van der Waals surface area contributed by atoms with Crippen molar-refractivity contribution in [3.63, 3.8) is 0 Å². The smallest absolute Gasteiger partial charge is 0.350 e. The van der Waals surface area contributed by atoms with Gasteiger partial charge in [-0.3, -0.25) is 4.79 Å². The standard InChI is InChI=1S/C20H17F3N2O3S/c1-25-11-17(12-2-5-14(6-3-12)20(21,22)23)16-9-4-13(10-18(16)25)19(26)24-29(27,28)15-7-8-15/h2-6,9-11,15H,7-8H2,1H3,(H,24,26). The van der Waals surface area contributed by atoms with Gasteiger partial charge < -0.3 is 4.57 Å². The molecule has 0 saturated heterocycles. The summed E-state index contributed by atoms with van der Waals surface area (Å²) in [5.74, 6) is -0.698. The van der Waals surface area contributed by atoms with E-state index in [2.05, 4.69) is 4.72 Å². The number of carbonyl (C=O) groups excluding carboxylic acids is 1. The number of aromatic nitrogens is 1. The molecule has 0 unspecified atom stereocenters. The van der Waals surface area contributed by atoms with Gasteiger partial charge in [0.25, 0.3) is 5.91 Å². The summed E-state index contributed by atoms with van der Waals surface area (Å²) >= 11 is 0. The minimum Gasteiger partial charge on any atom is -0.350 e. The third kappa shape index (κ3) is 3.74. The van der Waals surface area contributed by atoms with Gasteiger partial charge in [-0.15, -0.1) is 0 Å². The highest BCUT2D eigenvalue weighted by Crippen LogP contribution is 2.34. The van der Waals surface area contributed by atoms with Crippen LogP contribution < -0.4 is 4.72 Å². The maximum absolute atomic E-state index is 12.8. The Hall–Kier alpha value is -2.81. The minimum absolute atomic E-state index is 0.196. The molecule has 1 saturated carbocycles. The van der Waals surface area contributed by atoms with E-state index < -0.39 is 32.9 Å². The zero-order valence-electron chi connectivity index (χ0n) is 15.3. The molecule has 0 atom stereocenters. The normalized spacial score (nSPS) is 14.9. The van der Waals surface area contributed by atoms with E-state index in [1.165, 1.54) is 18.2 Å². The second-order valence-corrected chi connectivity index (χ2v) is 9.10. The van der Waals surface area contributed by atoms with Crippen molar-refractivity contribution in [2.75, 3.05) is 0 Å². The molecule has 1 N–H and O–H groups in total. The minimum atomic E-state index is -4.40. The van der Waals surface area contributed by atoms with E-state index in [1.807, 2.05) is 0 Å². The maximum Gasteiger partial charge on any atom is 0.416 e. The van der Waals surface area contributed by atoms with Crippen LogP contribution in [0.5, 0.6) is 0 Å². The van der Waals surface area contributed by atoms with Crippen molar-refractivity contribution in [2.24, 2.45) is 7.05 Å². The van der Waals surface area contributed by atoms with Crippen LogP contribution in [0.1, 0.15) is 28.8 Å². The molecule has 1 amide bonds. The molecule has 1 aliphatic carbocycles. The SMILES string of the molecule is Cn1cc(-c2ccc(C(F)(F)F)cc2)c2ccc(C(=O)NS(=O)(=O)C3CC3)cc21. The molecule has 1 fully saturated rings. The van der Waals surface area contributed by atoms with E-state index in [4.69, 9.17) is 0 Å². The van der Waals surface area contributed by atoms with Gasteiger partial charge in [0, 0.05) is 35.3 Å². The van der Waals surface area contributed by atoms with E-state index in [0.29, 0.717) is 29.5 Å². The number of benzene rings is 2. The first-order valence-electron chi connectivity index (χ1n) is 8.89. The molecule has 3 aromatic rings. The van der Waals surface area contributed by atoms with Crippen molar-refractivity contribution in [3.8, 4) is 11.1 Å². The maximum atomic E-state index is 12.8. The van der Waals surface area contributed by atoms with E-state index in [9.17, 15) is 26.4 Å². The molecule has 1 aliphatic rings. The molecule has 29 heavy (non-hydrogen) atoms. The van der Waals surface area contributed by atoms with E-state index in [0.717, 1.165) is 17.5 Å². The molecular formula is C20H17F3N2O3S. The second-order valence-electron chi connectivity index (χ2n) is 7.14. The van der Waals surface area contributed by atoms with Crippen LogP contribution in [0.25, 0.3) is 22.0 Å². The van der Waals surface area contributed by atoms with Crippen molar-refractivity contribution in [2.45, 2.75) is 24.3 Å². The van der Waals surface area contributed by atoms with Gasteiger partial charge in [-0.25, -0.2) is 13.1 Å². The van der Waals surface area contributed by atoms with Gasteiger partial charge >= 0.3 is 6.18 Å². The Morgan fingerprint density at radius 3 is 2.34 bits per heavy atom. The van der Waals surface area contributed by atoms with Crippen LogP contribution >= 0.6 is 0 Å². The number of nitrogens with zero attached hydrogens (tertiary/aromatic N) is 1. The largest absolute Gasteiger partial charge is 0.416 e. The van der Waals surface area contributed by atoms with Gasteiger partial charge in [0.05, 0.1) is 10.8 Å². The molecule has 2 aromatic carbocycles. The van der Waals surface area contributed by atoms with Crippen LogP contribution in [0.15, 0.2) is 48.7 Å². The van der Waals surface area contributed by atoms with Crippen LogP contribution in [0.2, 0.25) is 0 Å². The highest BCUT2D eigenvalue weighted by Gasteiger charge is 2.37. The van der Waals surface area contributed by atoms with Gasteiger partial charge in [-0.2, -0.15) is 13.2 Å². The van der Waals surface area contributed by atoms with Gasteiger partial charge in [0.2, 0.25) is 10.0 Å². The number of amides is 1. The number of carbonyl (C=O) groups is 1. The summed E-state index contributed by atoms with van der Waals surface area (Å²) in [6, 6.07) is 9.60. The molecule has 0 radical (unpaired) electrons. The molecular weight excluding hydrogens is 405 g/mol. The number of alkyl halides is 3. The highest BCUT2D eigenvalue weighted by atomic mass is 32.2. The number of nitrogens with one attached hydrogen (secondary N) is 1. The Kier molecular flexibility index (Phi) is 4.45. The zero-order valence-corrected chi connectivity index (χ0v) is 16.1. The van der Waals surface area contributed by atoms with Gasteiger partial charge in [-0.1, -0.05) is 18.2 Å². The van der Waals surface area contributed by atoms with Crippen molar-refractivity contribution in [3.05, 3.63) is 59.8 Å². The van der Waals surface area contributed by atoms with Gasteiger partial charge in [0.15, 0.2) is 0 Å². The van der Waals surface area contributed by atoms with Crippen LogP contribution in [0.3, 0.4) is 0 Å². The average Bonchev–Trinajstić information content (AvgIpc) is 3.46. The summed E-state index contributed by atoms with van der Waals surface area (Å²) in [4.78, 5) is 12.3. The number of fused-ring (bicyclic) bond motifs is 1. The lowest BCUT2D eigenvalue weighted by molar-refractivity contribution is -0.137.